The van der Waals surface area contributed by atoms with Crippen molar-refractivity contribution in [1.29, 1.82) is 5.41 Å². The molecular weight excluding hydrogens is 389 g/mol. The van der Waals surface area contributed by atoms with Gasteiger partial charge in [0.05, 0.1) is 0 Å². The molecule has 0 radical (unpaired) electrons. The maximum atomic E-state index is 7.80. The predicted octanol–water partition coefficient (Wildman–Crippen LogP) is 3.79. The molecule has 0 amide bonds. The number of hydrogen-bond acceptors (Lipinski definition) is 6. The molecule has 1 aliphatic rings. The number of alkyl halides is 3. The molecule has 0 bridgehead atoms. The van der Waals surface area contributed by atoms with Crippen molar-refractivity contribution in [1.82, 2.24) is 19.6 Å². The Labute approximate surface area is 160 Å². The summed E-state index contributed by atoms with van der Waals surface area (Å²) in [7, 11) is 0. The van der Waals surface area contributed by atoms with Crippen molar-refractivity contribution < 1.29 is 9.47 Å². The summed E-state index contributed by atoms with van der Waals surface area (Å²) >= 11 is 17.1. The zero-order valence-corrected chi connectivity index (χ0v) is 16.1. The van der Waals surface area contributed by atoms with E-state index in [2.05, 4.69) is 28.9 Å². The Kier molecular flexibility index (Phi) is 5.12. The average Bonchev–Trinajstić information content (AvgIpc) is 2.98. The summed E-state index contributed by atoms with van der Waals surface area (Å²) in [5.74, 6) is 0.874. The number of nitrogens with one attached hydrogen (secondary N) is 1. The minimum Gasteiger partial charge on any atom is -0.448 e. The van der Waals surface area contributed by atoms with Gasteiger partial charge in [-0.1, -0.05) is 55.6 Å². The summed E-state index contributed by atoms with van der Waals surface area (Å²) in [6.45, 7) is 6.14. The van der Waals surface area contributed by atoms with Gasteiger partial charge in [0, 0.05) is 18.3 Å². The summed E-state index contributed by atoms with van der Waals surface area (Å²) in [6.07, 6.45) is 2.27. The number of halogens is 3. The van der Waals surface area contributed by atoms with Crippen molar-refractivity contribution in [3.63, 3.8) is 0 Å². The number of rotatable bonds is 2. The number of nitrogens with zero attached hydrogens (tertiary/aromatic N) is 4. The van der Waals surface area contributed by atoms with Gasteiger partial charge in [0.2, 0.25) is 12.2 Å². The highest BCUT2D eigenvalue weighted by Crippen LogP contribution is 2.43. The second kappa shape index (κ2) is 6.87. The monoisotopic (exact) mass is 405 g/mol. The first-order valence-electron chi connectivity index (χ1n) is 7.83. The summed E-state index contributed by atoms with van der Waals surface area (Å²) in [4.78, 5) is 8.61. The maximum absolute atomic E-state index is 7.80. The SMILES string of the molecule is CC1[C@@H](OC(=N)C(Cl)(Cl)Cl)OC(c2nc3ncccn3n2)[C@@H](C)[C@@H]1C. The van der Waals surface area contributed by atoms with Crippen LogP contribution < -0.4 is 0 Å². The fourth-order valence-corrected chi connectivity index (χ4v) is 3.01. The van der Waals surface area contributed by atoms with Crippen LogP contribution in [-0.2, 0) is 9.47 Å². The third kappa shape index (κ3) is 3.69. The van der Waals surface area contributed by atoms with Gasteiger partial charge in [-0.3, -0.25) is 5.41 Å². The van der Waals surface area contributed by atoms with Gasteiger partial charge in [0.15, 0.2) is 5.82 Å². The zero-order valence-electron chi connectivity index (χ0n) is 13.9. The molecule has 0 aliphatic carbocycles. The molecule has 10 heteroatoms. The van der Waals surface area contributed by atoms with Gasteiger partial charge in [-0.05, 0) is 17.9 Å². The molecular formula is C15H18Cl3N5O2. The lowest BCUT2D eigenvalue weighted by Gasteiger charge is -2.42. The Morgan fingerprint density at radius 1 is 1.24 bits per heavy atom. The van der Waals surface area contributed by atoms with E-state index in [9.17, 15) is 0 Å². The summed E-state index contributed by atoms with van der Waals surface area (Å²) < 4.78 is 11.2. The van der Waals surface area contributed by atoms with E-state index in [0.717, 1.165) is 0 Å². The van der Waals surface area contributed by atoms with Crippen molar-refractivity contribution in [3.05, 3.63) is 24.3 Å². The Balaban J connectivity index is 1.87. The number of ether oxygens (including phenoxy) is 2. The highest BCUT2D eigenvalue weighted by Gasteiger charge is 2.44. The van der Waals surface area contributed by atoms with Gasteiger partial charge in [0.1, 0.15) is 6.10 Å². The molecule has 3 heterocycles. The lowest BCUT2D eigenvalue weighted by Crippen LogP contribution is -2.44. The topological polar surface area (TPSA) is 85.4 Å². The van der Waals surface area contributed by atoms with Gasteiger partial charge in [-0.25, -0.2) is 9.50 Å². The first kappa shape index (κ1) is 18.6. The quantitative estimate of drug-likeness (QED) is 0.466. The van der Waals surface area contributed by atoms with Gasteiger partial charge in [-0.2, -0.15) is 4.98 Å². The summed E-state index contributed by atoms with van der Waals surface area (Å²) in [5.41, 5.74) is 0. The third-order valence-corrected chi connectivity index (χ3v) is 5.24. The zero-order chi connectivity index (χ0) is 18.4. The highest BCUT2D eigenvalue weighted by atomic mass is 35.6. The summed E-state index contributed by atoms with van der Waals surface area (Å²) in [6, 6.07) is 1.77. The molecule has 136 valence electrons. The van der Waals surface area contributed by atoms with Crippen molar-refractivity contribution >= 4 is 46.5 Å². The van der Waals surface area contributed by atoms with Gasteiger partial charge in [-0.15, -0.1) is 5.10 Å². The molecule has 25 heavy (non-hydrogen) atoms. The van der Waals surface area contributed by atoms with Crippen LogP contribution in [0.2, 0.25) is 0 Å². The predicted molar refractivity (Wildman–Crippen MR) is 95.0 cm³/mol. The van der Waals surface area contributed by atoms with Gasteiger partial charge in [0.25, 0.3) is 9.57 Å². The van der Waals surface area contributed by atoms with Crippen LogP contribution in [0.25, 0.3) is 5.78 Å². The Hall–Kier alpha value is -1.15. The maximum Gasteiger partial charge on any atom is 0.265 e. The van der Waals surface area contributed by atoms with Crippen LogP contribution in [0.5, 0.6) is 0 Å². The lowest BCUT2D eigenvalue weighted by molar-refractivity contribution is -0.222. The fraction of sp³-hybridized carbons (Fsp3) is 0.600. The van der Waals surface area contributed by atoms with E-state index in [1.807, 2.05) is 6.92 Å². The largest absolute Gasteiger partial charge is 0.448 e. The van der Waals surface area contributed by atoms with Crippen LogP contribution in [-0.4, -0.2) is 35.6 Å². The van der Waals surface area contributed by atoms with Crippen LogP contribution in [0.4, 0.5) is 0 Å². The van der Waals surface area contributed by atoms with Crippen molar-refractivity contribution in [2.24, 2.45) is 17.8 Å². The fourth-order valence-electron chi connectivity index (χ4n) is 2.88. The molecule has 5 atom stereocenters. The van der Waals surface area contributed by atoms with E-state index in [4.69, 9.17) is 49.7 Å². The highest BCUT2D eigenvalue weighted by molar-refractivity contribution is 6.76. The molecule has 2 aromatic rings. The van der Waals surface area contributed by atoms with E-state index in [1.165, 1.54) is 0 Å². The first-order valence-corrected chi connectivity index (χ1v) is 8.97. The second-order valence-electron chi connectivity index (χ2n) is 6.28. The number of fused-ring (bicyclic) bond motifs is 1. The minimum absolute atomic E-state index is 0.00546. The Bertz CT molecular complexity index is 745. The Morgan fingerprint density at radius 2 is 1.96 bits per heavy atom. The second-order valence-corrected chi connectivity index (χ2v) is 8.56. The molecule has 2 aromatic heterocycles. The molecule has 2 unspecified atom stereocenters. The smallest absolute Gasteiger partial charge is 0.265 e. The van der Waals surface area contributed by atoms with Crippen LogP contribution in [0.15, 0.2) is 18.5 Å². The van der Waals surface area contributed by atoms with Gasteiger partial charge >= 0.3 is 0 Å². The number of hydrogen-bond donors (Lipinski definition) is 1. The van der Waals surface area contributed by atoms with Crippen LogP contribution in [0.1, 0.15) is 32.7 Å². The molecule has 1 aliphatic heterocycles. The summed E-state index contributed by atoms with van der Waals surface area (Å²) in [5, 5.41) is 12.2. The molecule has 1 N–H and O–H groups in total. The minimum atomic E-state index is -1.93. The average molecular weight is 407 g/mol. The molecule has 1 fully saturated rings. The van der Waals surface area contributed by atoms with Crippen LogP contribution in [0.3, 0.4) is 0 Å². The molecule has 3 rings (SSSR count). The molecule has 0 aromatic carbocycles. The molecule has 1 saturated heterocycles. The van der Waals surface area contributed by atoms with Crippen molar-refractivity contribution in [2.45, 2.75) is 37.0 Å². The van der Waals surface area contributed by atoms with E-state index < -0.39 is 22.1 Å². The van der Waals surface area contributed by atoms with Crippen LogP contribution in [0, 0.1) is 23.2 Å². The standard InChI is InChI=1S/C15H18Cl3N5O2/c1-7-8(2)10(11-21-14-20-5-4-6-23(14)22-11)24-12(9(7)3)25-13(19)15(16,17)18/h4-10,12,19H,1-3H3/t7-,8-,9?,10?,12+/m0/s1. The molecule has 0 saturated carbocycles. The van der Waals surface area contributed by atoms with Crippen molar-refractivity contribution in [3.8, 4) is 0 Å². The molecule has 7 nitrogen and oxygen atoms in total. The normalized spacial score (nSPS) is 30.4. The third-order valence-electron chi connectivity index (χ3n) is 4.73. The van der Waals surface area contributed by atoms with Crippen molar-refractivity contribution in [2.75, 3.05) is 0 Å². The van der Waals surface area contributed by atoms with Gasteiger partial charge < -0.3 is 9.47 Å². The van der Waals surface area contributed by atoms with E-state index in [1.54, 1.807) is 23.0 Å². The Morgan fingerprint density at radius 3 is 2.60 bits per heavy atom. The molecule has 0 spiro atoms. The van der Waals surface area contributed by atoms with Crippen LogP contribution >= 0.6 is 34.8 Å². The first-order chi connectivity index (χ1) is 11.7. The van der Waals surface area contributed by atoms with E-state index in [-0.39, 0.29) is 17.8 Å². The van der Waals surface area contributed by atoms with E-state index in [0.29, 0.717) is 11.6 Å². The van der Waals surface area contributed by atoms with E-state index >= 15 is 0 Å². The number of aromatic nitrogens is 4. The lowest BCUT2D eigenvalue weighted by atomic mass is 9.78.